The lowest BCUT2D eigenvalue weighted by molar-refractivity contribution is -0.141. The van der Waals surface area contributed by atoms with Crippen molar-refractivity contribution in [2.75, 3.05) is 13.1 Å². The zero-order valence-electron chi connectivity index (χ0n) is 10.6. The van der Waals surface area contributed by atoms with E-state index in [-0.39, 0.29) is 12.5 Å². The number of aliphatic carboxylic acids is 1. The van der Waals surface area contributed by atoms with E-state index in [0.29, 0.717) is 18.7 Å². The lowest BCUT2D eigenvalue weighted by atomic mass is 10.1. The highest BCUT2D eigenvalue weighted by atomic mass is 16.4. The third-order valence-electron chi connectivity index (χ3n) is 3.38. The van der Waals surface area contributed by atoms with Crippen molar-refractivity contribution in [1.29, 1.82) is 0 Å². The van der Waals surface area contributed by atoms with E-state index in [4.69, 9.17) is 9.52 Å². The number of aryl methyl sites for hydroxylation is 2. The topological polar surface area (TPSA) is 70.8 Å². The molecule has 1 atom stereocenters. The molecule has 98 valence electrons. The van der Waals surface area contributed by atoms with Gasteiger partial charge in [-0.25, -0.2) is 0 Å². The molecule has 0 aliphatic carbocycles. The molecule has 2 rings (SSSR count). The molecular weight excluding hydrogens is 234 g/mol. The molecular formula is C13H17NO4. The van der Waals surface area contributed by atoms with Gasteiger partial charge in [-0.05, 0) is 25.0 Å². The summed E-state index contributed by atoms with van der Waals surface area (Å²) in [4.78, 5) is 24.5. The van der Waals surface area contributed by atoms with Gasteiger partial charge in [0.05, 0.1) is 5.92 Å². The van der Waals surface area contributed by atoms with Crippen LogP contribution in [0.25, 0.3) is 0 Å². The molecule has 5 nitrogen and oxygen atoms in total. The molecule has 1 saturated heterocycles. The number of carbonyl (C=O) groups excluding carboxylic acids is 1. The highest BCUT2D eigenvalue weighted by Crippen LogP contribution is 2.21. The molecule has 1 amide bonds. The van der Waals surface area contributed by atoms with Gasteiger partial charge in [-0.15, -0.1) is 0 Å². The quantitative estimate of drug-likeness (QED) is 0.887. The van der Waals surface area contributed by atoms with Gasteiger partial charge in [0.2, 0.25) is 0 Å². The predicted molar refractivity (Wildman–Crippen MR) is 64.5 cm³/mol. The van der Waals surface area contributed by atoms with Gasteiger partial charge in [-0.3, -0.25) is 9.59 Å². The Kier molecular flexibility index (Phi) is 3.41. The summed E-state index contributed by atoms with van der Waals surface area (Å²) in [5, 5.41) is 8.91. The maximum Gasteiger partial charge on any atom is 0.308 e. The second kappa shape index (κ2) is 4.84. The molecule has 0 radical (unpaired) electrons. The Labute approximate surface area is 105 Å². The van der Waals surface area contributed by atoms with Crippen LogP contribution in [0.3, 0.4) is 0 Å². The first-order chi connectivity index (χ1) is 8.52. The highest BCUT2D eigenvalue weighted by Gasteiger charge is 2.32. The average molecular weight is 251 g/mol. The van der Waals surface area contributed by atoms with E-state index in [0.717, 1.165) is 17.7 Å². The lowest BCUT2D eigenvalue weighted by Crippen LogP contribution is -2.29. The fraction of sp³-hybridized carbons (Fsp3) is 0.538. The molecule has 0 aromatic carbocycles. The smallest absolute Gasteiger partial charge is 0.308 e. The Balaban J connectivity index is 2.10. The second-order valence-electron chi connectivity index (χ2n) is 4.65. The Hall–Kier alpha value is -1.78. The molecule has 0 bridgehead atoms. The maximum absolute atomic E-state index is 12.1. The van der Waals surface area contributed by atoms with E-state index in [1.165, 1.54) is 0 Å². The first kappa shape index (κ1) is 12.7. The Morgan fingerprint density at radius 1 is 1.56 bits per heavy atom. The van der Waals surface area contributed by atoms with Gasteiger partial charge < -0.3 is 14.4 Å². The molecule has 0 saturated carbocycles. The molecule has 5 heteroatoms. The minimum absolute atomic E-state index is 0.207. The summed E-state index contributed by atoms with van der Waals surface area (Å²) >= 11 is 0. The number of amides is 1. The number of likely N-dealkylation sites (tertiary alicyclic amines) is 1. The van der Waals surface area contributed by atoms with Crippen molar-refractivity contribution in [3.05, 3.63) is 23.2 Å². The molecule has 18 heavy (non-hydrogen) atoms. The van der Waals surface area contributed by atoms with Gasteiger partial charge in [0.1, 0.15) is 5.76 Å². The van der Waals surface area contributed by atoms with Gasteiger partial charge in [0.15, 0.2) is 5.76 Å². The van der Waals surface area contributed by atoms with Crippen LogP contribution in [-0.4, -0.2) is 35.0 Å². The van der Waals surface area contributed by atoms with Crippen LogP contribution < -0.4 is 0 Å². The SMILES string of the molecule is CCc1oc(C(=O)N2CCC(C(=O)O)C2)cc1C. The van der Waals surface area contributed by atoms with Gasteiger partial charge in [0.25, 0.3) is 5.91 Å². The second-order valence-corrected chi connectivity index (χ2v) is 4.65. The highest BCUT2D eigenvalue weighted by molar-refractivity contribution is 5.92. The maximum atomic E-state index is 12.1. The summed E-state index contributed by atoms with van der Waals surface area (Å²) in [6.07, 6.45) is 1.26. The largest absolute Gasteiger partial charge is 0.481 e. The van der Waals surface area contributed by atoms with E-state index in [9.17, 15) is 9.59 Å². The average Bonchev–Trinajstić information content (AvgIpc) is 2.94. The zero-order chi connectivity index (χ0) is 13.3. The minimum atomic E-state index is -0.838. The predicted octanol–water partition coefficient (Wildman–Crippen LogP) is 1.70. The molecule has 1 aromatic heterocycles. The third-order valence-corrected chi connectivity index (χ3v) is 3.38. The summed E-state index contributed by atoms with van der Waals surface area (Å²) in [6, 6.07) is 1.73. The fourth-order valence-corrected chi connectivity index (χ4v) is 2.28. The van der Waals surface area contributed by atoms with Crippen LogP contribution in [0.2, 0.25) is 0 Å². The van der Waals surface area contributed by atoms with E-state index < -0.39 is 11.9 Å². The normalized spacial score (nSPS) is 19.2. The van der Waals surface area contributed by atoms with Crippen LogP contribution in [-0.2, 0) is 11.2 Å². The Bertz CT molecular complexity index is 477. The number of rotatable bonds is 3. The van der Waals surface area contributed by atoms with Crippen LogP contribution in [0.1, 0.15) is 35.2 Å². The van der Waals surface area contributed by atoms with Gasteiger partial charge in [-0.2, -0.15) is 0 Å². The molecule has 1 N–H and O–H groups in total. The van der Waals surface area contributed by atoms with E-state index in [1.807, 2.05) is 13.8 Å². The minimum Gasteiger partial charge on any atom is -0.481 e. The monoisotopic (exact) mass is 251 g/mol. The third kappa shape index (κ3) is 2.25. The molecule has 0 spiro atoms. The van der Waals surface area contributed by atoms with Gasteiger partial charge in [0, 0.05) is 19.5 Å². The van der Waals surface area contributed by atoms with Crippen LogP contribution in [0, 0.1) is 12.8 Å². The number of carboxylic acid groups (broad SMARTS) is 1. The van der Waals surface area contributed by atoms with Crippen molar-refractivity contribution >= 4 is 11.9 Å². The standard InChI is InChI=1S/C13H17NO4/c1-3-10-8(2)6-11(18-10)12(15)14-5-4-9(7-14)13(16)17/h6,9H,3-5,7H2,1-2H3,(H,16,17). The molecule has 1 aromatic rings. The first-order valence-corrected chi connectivity index (χ1v) is 6.14. The number of hydrogen-bond donors (Lipinski definition) is 1. The number of carboxylic acids is 1. The van der Waals surface area contributed by atoms with Crippen molar-refractivity contribution < 1.29 is 19.1 Å². The number of carbonyl (C=O) groups is 2. The van der Waals surface area contributed by atoms with E-state index in [2.05, 4.69) is 0 Å². The van der Waals surface area contributed by atoms with Crippen LogP contribution in [0.15, 0.2) is 10.5 Å². The summed E-state index contributed by atoms with van der Waals surface area (Å²) in [7, 11) is 0. The molecule has 2 heterocycles. The van der Waals surface area contributed by atoms with Crippen LogP contribution >= 0.6 is 0 Å². The van der Waals surface area contributed by atoms with Crippen molar-refractivity contribution in [3.8, 4) is 0 Å². The van der Waals surface area contributed by atoms with Crippen molar-refractivity contribution in [3.63, 3.8) is 0 Å². The summed E-state index contributed by atoms with van der Waals surface area (Å²) in [5.74, 6) is -0.366. The van der Waals surface area contributed by atoms with Crippen molar-refractivity contribution in [2.45, 2.75) is 26.7 Å². The molecule has 1 fully saturated rings. The van der Waals surface area contributed by atoms with E-state index in [1.54, 1.807) is 11.0 Å². The fourth-order valence-electron chi connectivity index (χ4n) is 2.28. The summed E-state index contributed by atoms with van der Waals surface area (Å²) in [6.45, 7) is 4.63. The summed E-state index contributed by atoms with van der Waals surface area (Å²) in [5.41, 5.74) is 0.967. The van der Waals surface area contributed by atoms with E-state index >= 15 is 0 Å². The van der Waals surface area contributed by atoms with Gasteiger partial charge >= 0.3 is 5.97 Å². The zero-order valence-corrected chi connectivity index (χ0v) is 10.6. The first-order valence-electron chi connectivity index (χ1n) is 6.14. The molecule has 1 aliphatic rings. The van der Waals surface area contributed by atoms with Gasteiger partial charge in [-0.1, -0.05) is 6.92 Å². The number of furan rings is 1. The molecule has 1 unspecified atom stereocenters. The lowest BCUT2D eigenvalue weighted by Gasteiger charge is -2.13. The summed E-state index contributed by atoms with van der Waals surface area (Å²) < 4.78 is 5.49. The Morgan fingerprint density at radius 3 is 2.78 bits per heavy atom. The molecule has 1 aliphatic heterocycles. The number of nitrogens with zero attached hydrogens (tertiary/aromatic N) is 1. The van der Waals surface area contributed by atoms with Crippen molar-refractivity contribution in [2.24, 2.45) is 5.92 Å². The van der Waals surface area contributed by atoms with Crippen LogP contribution in [0.4, 0.5) is 0 Å². The van der Waals surface area contributed by atoms with Crippen molar-refractivity contribution in [1.82, 2.24) is 4.90 Å². The Morgan fingerprint density at radius 2 is 2.28 bits per heavy atom. The van der Waals surface area contributed by atoms with Crippen LogP contribution in [0.5, 0.6) is 0 Å². The number of hydrogen-bond acceptors (Lipinski definition) is 3.